The van der Waals surface area contributed by atoms with Gasteiger partial charge in [0.05, 0.1) is 5.56 Å². The highest BCUT2D eigenvalue weighted by Crippen LogP contribution is 2.38. The molecule has 1 amide bonds. The molecule has 0 radical (unpaired) electrons. The number of likely N-dealkylation sites (tertiary alicyclic amines) is 1. The van der Waals surface area contributed by atoms with Crippen molar-refractivity contribution in [2.75, 3.05) is 13.1 Å². The van der Waals surface area contributed by atoms with E-state index in [0.29, 0.717) is 0 Å². The molecule has 1 aliphatic rings. The molecule has 0 saturated carbocycles. The van der Waals surface area contributed by atoms with E-state index < -0.39 is 22.6 Å². The van der Waals surface area contributed by atoms with Gasteiger partial charge >= 0.3 is 11.5 Å². The summed E-state index contributed by atoms with van der Waals surface area (Å²) in [6.07, 6.45) is 1.62. The number of aromatic nitrogens is 1. The highest BCUT2D eigenvalue weighted by Gasteiger charge is 2.35. The average molecular weight is 334 g/mol. The number of carboxylic acids is 1. The second-order valence-corrected chi connectivity index (χ2v) is 6.16. The number of thioether (sulfide) groups is 1. The maximum Gasteiger partial charge on any atom is 0.442 e. The van der Waals surface area contributed by atoms with Gasteiger partial charge in [0.15, 0.2) is 0 Å². The Morgan fingerprint density at radius 1 is 1.27 bits per heavy atom. The Bertz CT molecular complexity index is 555. The SMILES string of the molecule is O=C(O)c1ccc(C(=O)N2CCC(SC(F)(F)F)CC2)nc1. The van der Waals surface area contributed by atoms with Crippen molar-refractivity contribution < 1.29 is 27.9 Å². The number of halogens is 3. The van der Waals surface area contributed by atoms with Crippen LogP contribution in [0.15, 0.2) is 18.3 Å². The Kier molecular flexibility index (Phi) is 4.94. The summed E-state index contributed by atoms with van der Waals surface area (Å²) in [7, 11) is 0. The second-order valence-electron chi connectivity index (χ2n) is 4.79. The van der Waals surface area contributed by atoms with Gasteiger partial charge in [0.1, 0.15) is 5.69 Å². The number of carboxylic acid groups (broad SMARTS) is 1. The fraction of sp³-hybridized carbons (Fsp3) is 0.462. The first-order valence-corrected chi connectivity index (χ1v) is 7.37. The van der Waals surface area contributed by atoms with Crippen molar-refractivity contribution in [3.63, 3.8) is 0 Å². The van der Waals surface area contributed by atoms with E-state index in [1.54, 1.807) is 0 Å². The van der Waals surface area contributed by atoms with Crippen LogP contribution >= 0.6 is 11.8 Å². The van der Waals surface area contributed by atoms with Gasteiger partial charge in [-0.15, -0.1) is 0 Å². The van der Waals surface area contributed by atoms with Gasteiger partial charge in [-0.05, 0) is 36.7 Å². The summed E-state index contributed by atoms with van der Waals surface area (Å²) in [5, 5.41) is 8.22. The molecule has 1 fully saturated rings. The Hall–Kier alpha value is -1.77. The second kappa shape index (κ2) is 6.55. The van der Waals surface area contributed by atoms with Crippen molar-refractivity contribution in [3.05, 3.63) is 29.6 Å². The predicted molar refractivity (Wildman–Crippen MR) is 73.8 cm³/mol. The van der Waals surface area contributed by atoms with Crippen LogP contribution in [0.1, 0.15) is 33.7 Å². The van der Waals surface area contributed by atoms with E-state index in [1.807, 2.05) is 0 Å². The topological polar surface area (TPSA) is 70.5 Å². The lowest BCUT2D eigenvalue weighted by atomic mass is 10.1. The number of alkyl halides is 3. The molecule has 2 rings (SSSR count). The first-order valence-electron chi connectivity index (χ1n) is 6.49. The van der Waals surface area contributed by atoms with Crippen molar-refractivity contribution in [3.8, 4) is 0 Å². The third-order valence-electron chi connectivity index (χ3n) is 3.26. The molecule has 0 spiro atoms. The Morgan fingerprint density at radius 2 is 1.91 bits per heavy atom. The molecule has 1 N–H and O–H groups in total. The Morgan fingerprint density at radius 3 is 2.36 bits per heavy atom. The Balaban J connectivity index is 1.93. The minimum absolute atomic E-state index is 0.0264. The predicted octanol–water partition coefficient (Wildman–Crippen LogP) is 2.64. The number of aromatic carboxylic acids is 1. The molecule has 9 heteroatoms. The molecule has 22 heavy (non-hydrogen) atoms. The molecule has 1 aromatic rings. The zero-order valence-corrected chi connectivity index (χ0v) is 12.2. The molecule has 2 heterocycles. The zero-order chi connectivity index (χ0) is 16.3. The van der Waals surface area contributed by atoms with Crippen LogP contribution in [0.25, 0.3) is 0 Å². The van der Waals surface area contributed by atoms with Crippen molar-refractivity contribution in [2.24, 2.45) is 0 Å². The number of hydrogen-bond acceptors (Lipinski definition) is 4. The smallest absolute Gasteiger partial charge is 0.442 e. The summed E-state index contributed by atoms with van der Waals surface area (Å²) < 4.78 is 36.9. The summed E-state index contributed by atoms with van der Waals surface area (Å²) in [4.78, 5) is 28.1. The van der Waals surface area contributed by atoms with Gasteiger partial charge in [-0.1, -0.05) is 0 Å². The first-order chi connectivity index (χ1) is 10.3. The van der Waals surface area contributed by atoms with Crippen molar-refractivity contribution in [2.45, 2.75) is 23.6 Å². The molecule has 0 unspecified atom stereocenters. The Labute approximate surface area is 128 Å². The van der Waals surface area contributed by atoms with Crippen LogP contribution in [0.3, 0.4) is 0 Å². The van der Waals surface area contributed by atoms with E-state index in [9.17, 15) is 22.8 Å². The third-order valence-corrected chi connectivity index (χ3v) is 4.33. The van der Waals surface area contributed by atoms with Crippen LogP contribution < -0.4 is 0 Å². The highest BCUT2D eigenvalue weighted by atomic mass is 32.2. The van der Waals surface area contributed by atoms with Crippen molar-refractivity contribution in [1.82, 2.24) is 9.88 Å². The number of hydrogen-bond donors (Lipinski definition) is 1. The quantitative estimate of drug-likeness (QED) is 0.920. The van der Waals surface area contributed by atoms with E-state index >= 15 is 0 Å². The summed E-state index contributed by atoms with van der Waals surface area (Å²) >= 11 is -0.0264. The summed E-state index contributed by atoms with van der Waals surface area (Å²) in [5.41, 5.74) is -4.20. The number of rotatable bonds is 3. The number of nitrogens with zero attached hydrogens (tertiary/aromatic N) is 2. The van der Waals surface area contributed by atoms with Gasteiger partial charge in [0, 0.05) is 24.5 Å². The molecule has 1 aliphatic heterocycles. The van der Waals surface area contributed by atoms with Gasteiger partial charge in [0.25, 0.3) is 5.91 Å². The average Bonchev–Trinajstić information content (AvgIpc) is 2.46. The molecule has 1 saturated heterocycles. The molecule has 120 valence electrons. The molecule has 0 aliphatic carbocycles. The van der Waals surface area contributed by atoms with Gasteiger partial charge in [-0.2, -0.15) is 13.2 Å². The third kappa shape index (κ3) is 4.36. The standard InChI is InChI=1S/C13H13F3N2O3S/c14-13(15,16)22-9-3-5-18(6-4-9)11(19)10-2-1-8(7-17-10)12(20)21/h1-2,7,9H,3-6H2,(H,20,21). The molecule has 5 nitrogen and oxygen atoms in total. The van der Waals surface area contributed by atoms with Crippen LogP contribution in [-0.4, -0.2) is 50.7 Å². The van der Waals surface area contributed by atoms with E-state index in [2.05, 4.69) is 4.98 Å². The largest absolute Gasteiger partial charge is 0.478 e. The minimum atomic E-state index is -4.26. The molecular formula is C13H13F3N2O3S. The van der Waals surface area contributed by atoms with Crippen molar-refractivity contribution >= 4 is 23.6 Å². The van der Waals surface area contributed by atoms with E-state index in [4.69, 9.17) is 5.11 Å². The van der Waals surface area contributed by atoms with Crippen molar-refractivity contribution in [1.29, 1.82) is 0 Å². The number of amides is 1. The lowest BCUT2D eigenvalue weighted by Crippen LogP contribution is -2.40. The van der Waals surface area contributed by atoms with Crippen LogP contribution in [0.2, 0.25) is 0 Å². The number of carbonyl (C=O) groups excluding carboxylic acids is 1. The lowest BCUT2D eigenvalue weighted by Gasteiger charge is -2.31. The van der Waals surface area contributed by atoms with Gasteiger partial charge in [-0.3, -0.25) is 9.78 Å². The van der Waals surface area contributed by atoms with Crippen LogP contribution in [-0.2, 0) is 0 Å². The first kappa shape index (κ1) is 16.6. The maximum absolute atomic E-state index is 12.3. The molecular weight excluding hydrogens is 321 g/mol. The van der Waals surface area contributed by atoms with Gasteiger partial charge in [-0.25, -0.2) is 4.79 Å². The monoisotopic (exact) mass is 334 g/mol. The summed E-state index contributed by atoms with van der Waals surface area (Å²) in [6.45, 7) is 0.462. The summed E-state index contributed by atoms with van der Waals surface area (Å²) in [6, 6.07) is 2.58. The minimum Gasteiger partial charge on any atom is -0.478 e. The summed E-state index contributed by atoms with van der Waals surface area (Å²) in [5.74, 6) is -1.54. The normalized spacial score (nSPS) is 16.6. The number of piperidine rings is 1. The van der Waals surface area contributed by atoms with E-state index in [-0.39, 0.29) is 49.0 Å². The fourth-order valence-corrected chi connectivity index (χ4v) is 3.00. The maximum atomic E-state index is 12.3. The molecule has 0 bridgehead atoms. The number of carbonyl (C=O) groups is 2. The van der Waals surface area contributed by atoms with Gasteiger partial charge < -0.3 is 10.0 Å². The van der Waals surface area contributed by atoms with Gasteiger partial charge in [0.2, 0.25) is 0 Å². The molecule has 0 atom stereocenters. The van der Waals surface area contributed by atoms with E-state index in [0.717, 1.165) is 6.20 Å². The van der Waals surface area contributed by atoms with Crippen LogP contribution in [0.5, 0.6) is 0 Å². The lowest BCUT2D eigenvalue weighted by molar-refractivity contribution is -0.0336. The van der Waals surface area contributed by atoms with E-state index in [1.165, 1.54) is 17.0 Å². The van der Waals surface area contributed by atoms with Crippen LogP contribution in [0.4, 0.5) is 13.2 Å². The number of pyridine rings is 1. The molecule has 0 aromatic carbocycles. The molecule has 1 aromatic heterocycles. The van der Waals surface area contributed by atoms with Crippen LogP contribution in [0, 0.1) is 0 Å². The zero-order valence-electron chi connectivity index (χ0n) is 11.3. The highest BCUT2D eigenvalue weighted by molar-refractivity contribution is 8.00. The fourth-order valence-electron chi connectivity index (χ4n) is 2.17.